The van der Waals surface area contributed by atoms with Gasteiger partial charge >= 0.3 is 0 Å². The van der Waals surface area contributed by atoms with Crippen LogP contribution in [-0.2, 0) is 10.0 Å². The van der Waals surface area contributed by atoms with Gasteiger partial charge in [0.2, 0.25) is 10.0 Å². The van der Waals surface area contributed by atoms with E-state index in [1.54, 1.807) is 25.3 Å². The van der Waals surface area contributed by atoms with Gasteiger partial charge in [-0.05, 0) is 53.3 Å². The molecule has 0 aliphatic carbocycles. The van der Waals surface area contributed by atoms with E-state index in [1.165, 1.54) is 0 Å². The van der Waals surface area contributed by atoms with Crippen LogP contribution in [0.25, 0.3) is 0 Å². The maximum atomic E-state index is 12.4. The van der Waals surface area contributed by atoms with Crippen LogP contribution < -0.4 is 9.46 Å². The molecule has 112 valence electrons. The van der Waals surface area contributed by atoms with Crippen LogP contribution in [0.1, 0.15) is 18.5 Å². The number of hydrogen-bond donors (Lipinski definition) is 1. The molecule has 2 aromatic rings. The summed E-state index contributed by atoms with van der Waals surface area (Å²) < 4.78 is 33.4. The van der Waals surface area contributed by atoms with Crippen molar-refractivity contribution in [2.24, 2.45) is 0 Å². The molecule has 0 aliphatic rings. The molecule has 2 rings (SSSR count). The van der Waals surface area contributed by atoms with E-state index in [0.29, 0.717) is 5.75 Å². The third-order valence-corrected chi connectivity index (χ3v) is 5.45. The summed E-state index contributed by atoms with van der Waals surface area (Å²) in [5, 5.41) is 0. The van der Waals surface area contributed by atoms with Crippen LogP contribution in [0, 0.1) is 3.57 Å². The molecule has 0 heterocycles. The lowest BCUT2D eigenvalue weighted by molar-refractivity contribution is 0.411. The molecule has 1 atom stereocenters. The molecule has 0 amide bonds. The molecule has 0 spiro atoms. The zero-order valence-corrected chi connectivity index (χ0v) is 14.7. The van der Waals surface area contributed by atoms with Crippen LogP contribution in [-0.4, -0.2) is 15.5 Å². The summed E-state index contributed by atoms with van der Waals surface area (Å²) >= 11 is 2.05. The predicted octanol–water partition coefficient (Wildman–Crippen LogP) is 3.34. The van der Waals surface area contributed by atoms with E-state index >= 15 is 0 Å². The minimum Gasteiger partial charge on any atom is -0.496 e. The van der Waals surface area contributed by atoms with Gasteiger partial charge in [0.05, 0.1) is 15.6 Å². The van der Waals surface area contributed by atoms with Gasteiger partial charge in [-0.2, -0.15) is 0 Å². The first-order chi connectivity index (χ1) is 9.94. The molecule has 4 nitrogen and oxygen atoms in total. The van der Waals surface area contributed by atoms with Crippen molar-refractivity contribution in [3.05, 3.63) is 57.7 Å². The van der Waals surface area contributed by atoms with Gasteiger partial charge in [-0.1, -0.05) is 30.3 Å². The third kappa shape index (κ3) is 3.96. The number of halogens is 1. The Kier molecular flexibility index (Phi) is 5.23. The molecule has 0 bridgehead atoms. The van der Waals surface area contributed by atoms with Crippen molar-refractivity contribution >= 4 is 32.6 Å². The summed E-state index contributed by atoms with van der Waals surface area (Å²) in [6, 6.07) is 14.0. The average molecular weight is 417 g/mol. The van der Waals surface area contributed by atoms with Gasteiger partial charge in [-0.25, -0.2) is 13.1 Å². The Morgan fingerprint density at radius 1 is 1.14 bits per heavy atom. The van der Waals surface area contributed by atoms with Gasteiger partial charge in [0.25, 0.3) is 0 Å². The highest BCUT2D eigenvalue weighted by atomic mass is 127. The zero-order valence-electron chi connectivity index (χ0n) is 11.7. The van der Waals surface area contributed by atoms with Crippen molar-refractivity contribution < 1.29 is 13.2 Å². The molecule has 1 N–H and O–H groups in total. The van der Waals surface area contributed by atoms with E-state index in [0.717, 1.165) is 9.13 Å². The average Bonchev–Trinajstić information content (AvgIpc) is 2.47. The maximum Gasteiger partial charge on any atom is 0.241 e. The highest BCUT2D eigenvalue weighted by Crippen LogP contribution is 2.25. The Morgan fingerprint density at radius 3 is 2.38 bits per heavy atom. The quantitative estimate of drug-likeness (QED) is 0.760. The first kappa shape index (κ1) is 16.3. The molecule has 0 fully saturated rings. The van der Waals surface area contributed by atoms with E-state index in [4.69, 9.17) is 4.74 Å². The number of rotatable bonds is 5. The molecule has 0 aromatic heterocycles. The molecule has 6 heteroatoms. The largest absolute Gasteiger partial charge is 0.496 e. The van der Waals surface area contributed by atoms with Crippen LogP contribution in [0.15, 0.2) is 53.4 Å². The predicted molar refractivity (Wildman–Crippen MR) is 90.9 cm³/mol. The van der Waals surface area contributed by atoms with Crippen LogP contribution in [0.4, 0.5) is 0 Å². The molecule has 0 unspecified atom stereocenters. The smallest absolute Gasteiger partial charge is 0.241 e. The summed E-state index contributed by atoms with van der Waals surface area (Å²) in [6.45, 7) is 1.82. The third-order valence-electron chi connectivity index (χ3n) is 3.07. The summed E-state index contributed by atoms with van der Waals surface area (Å²) in [5.74, 6) is 0.658. The highest BCUT2D eigenvalue weighted by Gasteiger charge is 2.19. The van der Waals surface area contributed by atoms with Gasteiger partial charge in [-0.3, -0.25) is 0 Å². The number of benzene rings is 2. The Bertz CT molecular complexity index is 717. The fraction of sp³-hybridized carbons (Fsp3) is 0.200. The lowest BCUT2D eigenvalue weighted by atomic mass is 10.1. The monoisotopic (exact) mass is 417 g/mol. The summed E-state index contributed by atoms with van der Waals surface area (Å²) in [6.07, 6.45) is 0. The molecular formula is C15H16INO3S. The standard InChI is InChI=1S/C15H16INO3S/c1-11(12-6-4-3-5-7-12)17-21(18,19)13-8-9-15(20-2)14(16)10-13/h3-11,17H,1-2H3/t11-/m1/s1. The number of nitrogens with one attached hydrogen (secondary N) is 1. The second-order valence-electron chi connectivity index (χ2n) is 4.55. The molecule has 2 aromatic carbocycles. The van der Waals surface area contributed by atoms with Crippen molar-refractivity contribution in [1.82, 2.24) is 4.72 Å². The van der Waals surface area contributed by atoms with Crippen molar-refractivity contribution in [2.45, 2.75) is 17.9 Å². The summed E-state index contributed by atoms with van der Waals surface area (Å²) in [5.41, 5.74) is 0.921. The molecule has 0 saturated heterocycles. The lowest BCUT2D eigenvalue weighted by Crippen LogP contribution is -2.26. The first-order valence-electron chi connectivity index (χ1n) is 6.35. The lowest BCUT2D eigenvalue weighted by Gasteiger charge is -2.15. The van der Waals surface area contributed by atoms with Crippen molar-refractivity contribution in [3.63, 3.8) is 0 Å². The minimum absolute atomic E-state index is 0.232. The van der Waals surface area contributed by atoms with Crippen molar-refractivity contribution in [3.8, 4) is 5.75 Å². The fourth-order valence-electron chi connectivity index (χ4n) is 1.92. The summed E-state index contributed by atoms with van der Waals surface area (Å²) in [7, 11) is -2.01. The topological polar surface area (TPSA) is 55.4 Å². The van der Waals surface area contributed by atoms with Crippen LogP contribution in [0.5, 0.6) is 5.75 Å². The summed E-state index contributed by atoms with van der Waals surface area (Å²) in [4.78, 5) is 0.232. The SMILES string of the molecule is COc1ccc(S(=O)(=O)N[C@H](C)c2ccccc2)cc1I. The van der Waals surface area contributed by atoms with E-state index in [1.807, 2.05) is 37.3 Å². The fourth-order valence-corrected chi connectivity index (χ4v) is 4.13. The van der Waals surface area contributed by atoms with Crippen molar-refractivity contribution in [2.75, 3.05) is 7.11 Å². The van der Waals surface area contributed by atoms with Gasteiger partial charge in [0.15, 0.2) is 0 Å². The number of methoxy groups -OCH3 is 1. The van der Waals surface area contributed by atoms with E-state index in [2.05, 4.69) is 27.3 Å². The number of sulfonamides is 1. The minimum atomic E-state index is -3.57. The van der Waals surface area contributed by atoms with Crippen LogP contribution >= 0.6 is 22.6 Å². The Morgan fingerprint density at radius 2 is 1.81 bits per heavy atom. The molecular weight excluding hydrogens is 401 g/mol. The Labute approximate surface area is 138 Å². The molecule has 0 saturated carbocycles. The highest BCUT2D eigenvalue weighted by molar-refractivity contribution is 14.1. The second-order valence-corrected chi connectivity index (χ2v) is 7.43. The maximum absolute atomic E-state index is 12.4. The van der Waals surface area contributed by atoms with E-state index in [9.17, 15) is 8.42 Å². The van der Waals surface area contributed by atoms with E-state index < -0.39 is 10.0 Å². The number of ether oxygens (including phenoxy) is 1. The Balaban J connectivity index is 2.24. The zero-order chi connectivity index (χ0) is 15.5. The van der Waals surface area contributed by atoms with Gasteiger partial charge in [0, 0.05) is 6.04 Å². The van der Waals surface area contributed by atoms with Gasteiger partial charge in [0.1, 0.15) is 5.75 Å². The Hall–Kier alpha value is -1.12. The number of hydrogen-bond acceptors (Lipinski definition) is 3. The van der Waals surface area contributed by atoms with Gasteiger partial charge in [-0.15, -0.1) is 0 Å². The van der Waals surface area contributed by atoms with Crippen LogP contribution in [0.2, 0.25) is 0 Å². The normalized spacial score (nSPS) is 12.9. The molecule has 0 aliphatic heterocycles. The molecule has 0 radical (unpaired) electrons. The second kappa shape index (κ2) is 6.76. The molecule has 21 heavy (non-hydrogen) atoms. The first-order valence-corrected chi connectivity index (χ1v) is 8.91. The van der Waals surface area contributed by atoms with E-state index in [-0.39, 0.29) is 10.9 Å². The van der Waals surface area contributed by atoms with Crippen LogP contribution in [0.3, 0.4) is 0 Å². The van der Waals surface area contributed by atoms with Crippen molar-refractivity contribution in [1.29, 1.82) is 0 Å². The van der Waals surface area contributed by atoms with Gasteiger partial charge < -0.3 is 4.74 Å².